The lowest BCUT2D eigenvalue weighted by atomic mass is 10.2. The van der Waals surface area contributed by atoms with Crippen LogP contribution in [0.25, 0.3) is 0 Å². The molecule has 1 unspecified atom stereocenters. The van der Waals surface area contributed by atoms with E-state index in [1.54, 1.807) is 0 Å². The number of hydrogen-bond donors (Lipinski definition) is 2. The summed E-state index contributed by atoms with van der Waals surface area (Å²) in [5.74, 6) is -0.118. The molecule has 0 aliphatic rings. The summed E-state index contributed by atoms with van der Waals surface area (Å²) in [6.45, 7) is 8.12. The predicted octanol–water partition coefficient (Wildman–Crippen LogP) is 0.265. The van der Waals surface area contributed by atoms with Gasteiger partial charge in [0.1, 0.15) is 6.61 Å². The van der Waals surface area contributed by atoms with Crippen LogP contribution in [0.5, 0.6) is 0 Å². The van der Waals surface area contributed by atoms with E-state index in [2.05, 4.69) is 5.32 Å². The van der Waals surface area contributed by atoms with E-state index in [-0.39, 0.29) is 24.2 Å². The van der Waals surface area contributed by atoms with E-state index in [1.165, 1.54) is 0 Å². The summed E-state index contributed by atoms with van der Waals surface area (Å²) >= 11 is 0. The Morgan fingerprint density at radius 2 is 2.08 bits per heavy atom. The van der Waals surface area contributed by atoms with Crippen LogP contribution in [0.1, 0.15) is 27.7 Å². The van der Waals surface area contributed by atoms with Crippen molar-refractivity contribution in [1.29, 1.82) is 0 Å². The molecule has 78 valence electrons. The van der Waals surface area contributed by atoms with Crippen LogP contribution in [0, 0.1) is 0 Å². The molecule has 0 rings (SSSR count). The van der Waals surface area contributed by atoms with E-state index in [0.29, 0.717) is 6.54 Å². The summed E-state index contributed by atoms with van der Waals surface area (Å²) in [5.41, 5.74) is 5.07. The minimum atomic E-state index is -0.275. The molecule has 1 atom stereocenters. The van der Waals surface area contributed by atoms with Gasteiger partial charge in [0, 0.05) is 12.6 Å². The second kappa shape index (κ2) is 5.19. The first-order valence-corrected chi connectivity index (χ1v) is 4.48. The Hall–Kier alpha value is -0.610. The molecule has 0 aromatic heterocycles. The number of nitrogens with two attached hydrogens (primary N) is 1. The molecule has 13 heavy (non-hydrogen) atoms. The zero-order valence-corrected chi connectivity index (χ0v) is 8.89. The SMILES string of the molecule is CC(CN)NC(=O)COC(C)(C)C. The topological polar surface area (TPSA) is 64.3 Å². The molecule has 0 aromatic rings. The lowest BCUT2D eigenvalue weighted by Crippen LogP contribution is -2.41. The highest BCUT2D eigenvalue weighted by molar-refractivity contribution is 5.77. The van der Waals surface area contributed by atoms with Crippen molar-refractivity contribution in [3.63, 3.8) is 0 Å². The number of hydrogen-bond acceptors (Lipinski definition) is 3. The van der Waals surface area contributed by atoms with Gasteiger partial charge in [-0.15, -0.1) is 0 Å². The summed E-state index contributed by atoms with van der Waals surface area (Å²) in [6, 6.07) is 0.0102. The van der Waals surface area contributed by atoms with Crippen molar-refractivity contribution in [1.82, 2.24) is 5.32 Å². The molecule has 0 saturated carbocycles. The molecule has 0 aromatic carbocycles. The van der Waals surface area contributed by atoms with Crippen LogP contribution in [0.15, 0.2) is 0 Å². The minimum Gasteiger partial charge on any atom is -0.366 e. The molecule has 3 N–H and O–H groups in total. The average Bonchev–Trinajstić information content (AvgIpc) is 1.99. The van der Waals surface area contributed by atoms with Crippen LogP contribution in [0.4, 0.5) is 0 Å². The third-order valence-corrected chi connectivity index (χ3v) is 1.40. The van der Waals surface area contributed by atoms with Crippen molar-refractivity contribution in [2.45, 2.75) is 39.3 Å². The fraction of sp³-hybridized carbons (Fsp3) is 0.889. The molecule has 0 saturated heterocycles. The maximum atomic E-state index is 11.2. The third-order valence-electron chi connectivity index (χ3n) is 1.40. The molecule has 0 fully saturated rings. The van der Waals surface area contributed by atoms with Crippen LogP contribution < -0.4 is 11.1 Å². The van der Waals surface area contributed by atoms with Gasteiger partial charge in [0.2, 0.25) is 5.91 Å². The Kier molecular flexibility index (Phi) is 4.95. The average molecular weight is 188 g/mol. The zero-order chi connectivity index (χ0) is 10.5. The molecule has 0 spiro atoms. The smallest absolute Gasteiger partial charge is 0.246 e. The second-order valence-electron chi connectivity index (χ2n) is 4.11. The Bertz CT molecular complexity index is 163. The Labute approximate surface area is 79.8 Å². The minimum absolute atomic E-state index is 0.0102. The molecule has 0 radical (unpaired) electrons. The number of amides is 1. The number of carbonyl (C=O) groups is 1. The van der Waals surface area contributed by atoms with Crippen molar-refractivity contribution in [2.75, 3.05) is 13.2 Å². The largest absolute Gasteiger partial charge is 0.366 e. The first-order valence-electron chi connectivity index (χ1n) is 4.48. The molecule has 1 amide bonds. The lowest BCUT2D eigenvalue weighted by molar-refractivity contribution is -0.131. The first kappa shape index (κ1) is 12.4. The summed E-state index contributed by atoms with van der Waals surface area (Å²) in [5, 5.41) is 2.71. The molecule has 0 heterocycles. The maximum absolute atomic E-state index is 11.2. The van der Waals surface area contributed by atoms with Gasteiger partial charge in [-0.3, -0.25) is 4.79 Å². The summed E-state index contributed by atoms with van der Waals surface area (Å²) in [4.78, 5) is 11.2. The maximum Gasteiger partial charge on any atom is 0.246 e. The third kappa shape index (κ3) is 7.74. The zero-order valence-electron chi connectivity index (χ0n) is 8.89. The Morgan fingerprint density at radius 1 is 1.54 bits per heavy atom. The molecule has 4 nitrogen and oxygen atoms in total. The van der Waals surface area contributed by atoms with Gasteiger partial charge < -0.3 is 15.8 Å². The van der Waals surface area contributed by atoms with Crippen LogP contribution in [-0.2, 0) is 9.53 Å². The highest BCUT2D eigenvalue weighted by Crippen LogP contribution is 2.05. The molecular formula is C9H20N2O2. The standard InChI is InChI=1S/C9H20N2O2/c1-7(5-10)11-8(12)6-13-9(2,3)4/h7H,5-6,10H2,1-4H3,(H,11,12). The Morgan fingerprint density at radius 3 is 2.46 bits per heavy atom. The van der Waals surface area contributed by atoms with Gasteiger partial charge in [0.15, 0.2) is 0 Å². The number of rotatable bonds is 4. The highest BCUT2D eigenvalue weighted by atomic mass is 16.5. The number of nitrogens with one attached hydrogen (secondary N) is 1. The quantitative estimate of drug-likeness (QED) is 0.665. The van der Waals surface area contributed by atoms with Crippen molar-refractivity contribution < 1.29 is 9.53 Å². The molecule has 0 aliphatic carbocycles. The predicted molar refractivity (Wildman–Crippen MR) is 52.4 cm³/mol. The monoisotopic (exact) mass is 188 g/mol. The van der Waals surface area contributed by atoms with E-state index in [4.69, 9.17) is 10.5 Å². The van der Waals surface area contributed by atoms with Gasteiger partial charge in [-0.25, -0.2) is 0 Å². The van der Waals surface area contributed by atoms with Crippen LogP contribution in [0.3, 0.4) is 0 Å². The van der Waals surface area contributed by atoms with Gasteiger partial charge in [-0.05, 0) is 27.7 Å². The van der Waals surface area contributed by atoms with Gasteiger partial charge in [-0.1, -0.05) is 0 Å². The van der Waals surface area contributed by atoms with E-state index in [1.807, 2.05) is 27.7 Å². The van der Waals surface area contributed by atoms with E-state index >= 15 is 0 Å². The van der Waals surface area contributed by atoms with E-state index in [9.17, 15) is 4.79 Å². The summed E-state index contributed by atoms with van der Waals surface area (Å²) in [7, 11) is 0. The van der Waals surface area contributed by atoms with Gasteiger partial charge in [-0.2, -0.15) is 0 Å². The summed E-state index contributed by atoms with van der Waals surface area (Å²) in [6.07, 6.45) is 0. The van der Waals surface area contributed by atoms with Gasteiger partial charge >= 0.3 is 0 Å². The molecule has 0 aliphatic heterocycles. The molecule has 0 bridgehead atoms. The molecule has 4 heteroatoms. The fourth-order valence-corrected chi connectivity index (χ4v) is 0.657. The van der Waals surface area contributed by atoms with Crippen LogP contribution >= 0.6 is 0 Å². The van der Waals surface area contributed by atoms with Gasteiger partial charge in [0.05, 0.1) is 5.60 Å². The van der Waals surface area contributed by atoms with Crippen molar-refractivity contribution in [2.24, 2.45) is 5.73 Å². The number of carbonyl (C=O) groups excluding carboxylic acids is 1. The normalized spacial score (nSPS) is 13.9. The van der Waals surface area contributed by atoms with Crippen molar-refractivity contribution in [3.05, 3.63) is 0 Å². The van der Waals surface area contributed by atoms with E-state index < -0.39 is 0 Å². The van der Waals surface area contributed by atoms with Crippen molar-refractivity contribution >= 4 is 5.91 Å². The fourth-order valence-electron chi connectivity index (χ4n) is 0.657. The van der Waals surface area contributed by atoms with E-state index in [0.717, 1.165) is 0 Å². The highest BCUT2D eigenvalue weighted by Gasteiger charge is 2.13. The summed E-state index contributed by atoms with van der Waals surface area (Å²) < 4.78 is 5.28. The molecular weight excluding hydrogens is 168 g/mol. The number of ether oxygens (including phenoxy) is 1. The second-order valence-corrected chi connectivity index (χ2v) is 4.11. The van der Waals surface area contributed by atoms with Crippen molar-refractivity contribution in [3.8, 4) is 0 Å². The van der Waals surface area contributed by atoms with Gasteiger partial charge in [0.25, 0.3) is 0 Å². The van der Waals surface area contributed by atoms with Crippen LogP contribution in [0.2, 0.25) is 0 Å². The first-order chi connectivity index (χ1) is 5.85. The lowest BCUT2D eigenvalue weighted by Gasteiger charge is -2.20. The van der Waals surface area contributed by atoms with Crippen LogP contribution in [-0.4, -0.2) is 30.7 Å². The Balaban J connectivity index is 3.64.